The second kappa shape index (κ2) is 9.10. The molecule has 27 heavy (non-hydrogen) atoms. The molecule has 1 N–H and O–H groups in total. The topological polar surface area (TPSA) is 65.5 Å². The summed E-state index contributed by atoms with van der Waals surface area (Å²) >= 11 is 1.43. The van der Waals surface area contributed by atoms with Gasteiger partial charge in [0.2, 0.25) is 5.91 Å². The van der Waals surface area contributed by atoms with Gasteiger partial charge in [0, 0.05) is 38.5 Å². The summed E-state index contributed by atoms with van der Waals surface area (Å²) in [5, 5.41) is 5.54. The molecule has 2 amide bonds. The van der Waals surface area contributed by atoms with Gasteiger partial charge in [0.1, 0.15) is 10.7 Å². The van der Waals surface area contributed by atoms with E-state index in [0.717, 1.165) is 43.3 Å². The van der Waals surface area contributed by atoms with E-state index in [2.05, 4.69) is 22.1 Å². The molecule has 2 aromatic rings. The van der Waals surface area contributed by atoms with Gasteiger partial charge in [0.25, 0.3) is 5.91 Å². The van der Waals surface area contributed by atoms with E-state index in [1.165, 1.54) is 18.3 Å². The highest BCUT2D eigenvalue weighted by Gasteiger charge is 2.25. The molecule has 144 valence electrons. The Morgan fingerprint density at radius 1 is 1.19 bits per heavy atom. The zero-order chi connectivity index (χ0) is 19.2. The summed E-state index contributed by atoms with van der Waals surface area (Å²) in [6.07, 6.45) is 0.650. The van der Waals surface area contributed by atoms with E-state index in [4.69, 9.17) is 0 Å². The molecule has 0 bridgehead atoms. The Morgan fingerprint density at radius 2 is 1.89 bits per heavy atom. The number of nitrogens with zero attached hydrogens (tertiary/aromatic N) is 3. The Bertz CT molecular complexity index is 769. The maximum absolute atomic E-state index is 12.8. The second-order valence-electron chi connectivity index (χ2n) is 6.74. The molecule has 0 radical (unpaired) electrons. The first-order chi connectivity index (χ1) is 13.1. The van der Waals surface area contributed by atoms with Crippen molar-refractivity contribution in [2.75, 3.05) is 32.7 Å². The van der Waals surface area contributed by atoms with E-state index in [1.54, 1.807) is 0 Å². The number of nitrogens with one attached hydrogen (secondary N) is 1. The zero-order valence-electron chi connectivity index (χ0n) is 15.9. The molecule has 1 aliphatic rings. The highest BCUT2D eigenvalue weighted by Crippen LogP contribution is 2.23. The van der Waals surface area contributed by atoms with Gasteiger partial charge in [-0.05, 0) is 18.5 Å². The fourth-order valence-electron chi connectivity index (χ4n) is 3.27. The maximum Gasteiger partial charge on any atom is 0.273 e. The Labute approximate surface area is 164 Å². The summed E-state index contributed by atoms with van der Waals surface area (Å²) in [5.41, 5.74) is 1.60. The van der Waals surface area contributed by atoms with Crippen LogP contribution < -0.4 is 5.32 Å². The van der Waals surface area contributed by atoms with Crippen LogP contribution in [0.2, 0.25) is 0 Å². The monoisotopic (exact) mass is 386 g/mol. The first-order valence-corrected chi connectivity index (χ1v) is 10.2. The number of rotatable bonds is 6. The van der Waals surface area contributed by atoms with Gasteiger partial charge in [0.05, 0.1) is 6.04 Å². The van der Waals surface area contributed by atoms with Gasteiger partial charge in [-0.1, -0.05) is 37.3 Å². The van der Waals surface area contributed by atoms with Gasteiger partial charge in [-0.25, -0.2) is 4.98 Å². The number of aromatic nitrogens is 1. The van der Waals surface area contributed by atoms with Crippen molar-refractivity contribution < 1.29 is 9.59 Å². The number of hydrogen-bond donors (Lipinski definition) is 1. The number of carbonyl (C=O) groups is 2. The molecule has 7 heteroatoms. The van der Waals surface area contributed by atoms with Crippen molar-refractivity contribution in [2.45, 2.75) is 26.3 Å². The van der Waals surface area contributed by atoms with Crippen LogP contribution in [-0.4, -0.2) is 59.3 Å². The summed E-state index contributed by atoms with van der Waals surface area (Å²) in [7, 11) is 0. The largest absolute Gasteiger partial charge is 0.347 e. The lowest BCUT2D eigenvalue weighted by Crippen LogP contribution is -2.48. The van der Waals surface area contributed by atoms with Gasteiger partial charge in [0.15, 0.2) is 0 Å². The molecule has 0 aliphatic carbocycles. The lowest BCUT2D eigenvalue weighted by molar-refractivity contribution is -0.119. The van der Waals surface area contributed by atoms with Crippen LogP contribution in [0.3, 0.4) is 0 Å². The van der Waals surface area contributed by atoms with E-state index in [1.807, 2.05) is 40.6 Å². The Kier molecular flexibility index (Phi) is 6.58. The van der Waals surface area contributed by atoms with Crippen LogP contribution in [0, 0.1) is 0 Å². The van der Waals surface area contributed by atoms with E-state index in [0.29, 0.717) is 12.1 Å². The number of benzene rings is 1. The minimum Gasteiger partial charge on any atom is -0.347 e. The van der Waals surface area contributed by atoms with Crippen molar-refractivity contribution >= 4 is 23.2 Å². The standard InChI is InChI=1S/C20H26N4O2S/c1-3-23-9-11-24(12-10-23)20(26)18-14-27-19(22-18)17(21-15(2)25)13-16-7-5-4-6-8-16/h4-8,14,17H,3,9-13H2,1-2H3,(H,21,25)/t17-/m1/s1. The van der Waals surface area contributed by atoms with Crippen LogP contribution in [0.4, 0.5) is 0 Å². The Balaban J connectivity index is 1.71. The van der Waals surface area contributed by atoms with Crippen LogP contribution in [0.15, 0.2) is 35.7 Å². The highest BCUT2D eigenvalue weighted by molar-refractivity contribution is 7.09. The molecule has 0 unspecified atom stereocenters. The zero-order valence-corrected chi connectivity index (χ0v) is 16.7. The first kappa shape index (κ1) is 19.5. The number of hydrogen-bond acceptors (Lipinski definition) is 5. The maximum atomic E-state index is 12.8. The molecule has 1 fully saturated rings. The smallest absolute Gasteiger partial charge is 0.273 e. The van der Waals surface area contributed by atoms with E-state index >= 15 is 0 Å². The molecular formula is C20H26N4O2S. The predicted molar refractivity (Wildman–Crippen MR) is 107 cm³/mol. The average Bonchev–Trinajstić information content (AvgIpc) is 3.18. The first-order valence-electron chi connectivity index (χ1n) is 9.35. The lowest BCUT2D eigenvalue weighted by Gasteiger charge is -2.33. The molecular weight excluding hydrogens is 360 g/mol. The van der Waals surface area contributed by atoms with Crippen molar-refractivity contribution in [3.63, 3.8) is 0 Å². The van der Waals surface area contributed by atoms with Crippen molar-refractivity contribution in [3.8, 4) is 0 Å². The van der Waals surface area contributed by atoms with Crippen molar-refractivity contribution in [3.05, 3.63) is 52.0 Å². The molecule has 1 aromatic heterocycles. The van der Waals surface area contributed by atoms with Crippen molar-refractivity contribution in [1.82, 2.24) is 20.1 Å². The molecule has 0 spiro atoms. The number of amides is 2. The Morgan fingerprint density at radius 3 is 2.52 bits per heavy atom. The fourth-order valence-corrected chi connectivity index (χ4v) is 4.11. The minimum atomic E-state index is -0.228. The van der Waals surface area contributed by atoms with Crippen LogP contribution in [0.25, 0.3) is 0 Å². The summed E-state index contributed by atoms with van der Waals surface area (Å²) in [4.78, 5) is 33.2. The number of thiazole rings is 1. The third-order valence-electron chi connectivity index (χ3n) is 4.81. The fraction of sp³-hybridized carbons (Fsp3) is 0.450. The molecule has 1 saturated heterocycles. The van der Waals surface area contributed by atoms with E-state index in [9.17, 15) is 9.59 Å². The number of piperazine rings is 1. The molecule has 1 atom stereocenters. The molecule has 1 aliphatic heterocycles. The van der Waals surface area contributed by atoms with Crippen molar-refractivity contribution in [1.29, 1.82) is 0 Å². The highest BCUT2D eigenvalue weighted by atomic mass is 32.1. The predicted octanol–water partition coefficient (Wildman–Crippen LogP) is 2.34. The molecule has 2 heterocycles. The molecule has 6 nitrogen and oxygen atoms in total. The summed E-state index contributed by atoms with van der Waals surface area (Å²) in [6.45, 7) is 7.94. The summed E-state index contributed by atoms with van der Waals surface area (Å²) < 4.78 is 0. The number of carbonyl (C=O) groups excluding carboxylic acids is 2. The quantitative estimate of drug-likeness (QED) is 0.828. The SMILES string of the molecule is CCN1CCN(C(=O)c2csc([C@@H](Cc3ccccc3)NC(C)=O)n2)CC1. The molecule has 0 saturated carbocycles. The van der Waals surface area contributed by atoms with Gasteiger partial charge < -0.3 is 15.1 Å². The van der Waals surface area contributed by atoms with E-state index in [-0.39, 0.29) is 17.9 Å². The van der Waals surface area contributed by atoms with Crippen LogP contribution in [0.1, 0.15) is 40.9 Å². The third-order valence-corrected chi connectivity index (χ3v) is 5.76. The van der Waals surface area contributed by atoms with Crippen LogP contribution >= 0.6 is 11.3 Å². The number of likely N-dealkylation sites (N-methyl/N-ethyl adjacent to an activating group) is 1. The third kappa shape index (κ3) is 5.14. The minimum absolute atomic E-state index is 0.0189. The lowest BCUT2D eigenvalue weighted by atomic mass is 10.1. The van der Waals surface area contributed by atoms with Crippen molar-refractivity contribution in [2.24, 2.45) is 0 Å². The Hall–Kier alpha value is -2.25. The second-order valence-corrected chi connectivity index (χ2v) is 7.63. The van der Waals surface area contributed by atoms with Gasteiger partial charge >= 0.3 is 0 Å². The van der Waals surface area contributed by atoms with Crippen LogP contribution in [0.5, 0.6) is 0 Å². The van der Waals surface area contributed by atoms with Gasteiger partial charge in [-0.2, -0.15) is 0 Å². The summed E-state index contributed by atoms with van der Waals surface area (Å²) in [6, 6.07) is 9.76. The molecule has 1 aromatic carbocycles. The molecule has 3 rings (SSSR count). The van der Waals surface area contributed by atoms with Gasteiger partial charge in [-0.3, -0.25) is 9.59 Å². The van der Waals surface area contributed by atoms with Crippen LogP contribution in [-0.2, 0) is 11.2 Å². The average molecular weight is 387 g/mol. The normalized spacial score (nSPS) is 16.1. The van der Waals surface area contributed by atoms with E-state index < -0.39 is 0 Å². The van der Waals surface area contributed by atoms with Gasteiger partial charge in [-0.15, -0.1) is 11.3 Å². The summed E-state index contributed by atoms with van der Waals surface area (Å²) in [5.74, 6) is -0.121.